The van der Waals surface area contributed by atoms with Crippen LogP contribution in [0.25, 0.3) is 0 Å². The van der Waals surface area contributed by atoms with Crippen LogP contribution in [0.1, 0.15) is 33.4 Å². The third-order valence-corrected chi connectivity index (χ3v) is 9.98. The van der Waals surface area contributed by atoms with Crippen molar-refractivity contribution in [3.63, 3.8) is 0 Å². The van der Waals surface area contributed by atoms with Gasteiger partial charge in [-0.25, -0.2) is 8.78 Å². The Morgan fingerprint density at radius 1 is 0.698 bits per heavy atom. The van der Waals surface area contributed by atoms with E-state index in [0.29, 0.717) is 22.8 Å². The highest BCUT2D eigenvalue weighted by Gasteiger charge is 2.69. The molecule has 5 atom stereocenters. The van der Waals surface area contributed by atoms with Gasteiger partial charge in [0.2, 0.25) is 5.79 Å². The minimum atomic E-state index is -2.56. The Labute approximate surface area is 313 Å². The molecule has 2 aliphatic heterocycles. The number of benzene rings is 5. The van der Waals surface area contributed by atoms with Crippen molar-refractivity contribution in [2.75, 3.05) is 19.8 Å². The van der Waals surface area contributed by atoms with Crippen molar-refractivity contribution in [3.8, 4) is 5.75 Å². The lowest BCUT2D eigenvalue weighted by atomic mass is 9.83. The topological polar surface area (TPSA) is 75.6 Å². The fourth-order valence-corrected chi connectivity index (χ4v) is 7.13. The average Bonchev–Trinajstić information content (AvgIpc) is 3.55. The molecule has 2 heterocycles. The normalized spacial score (nSPS) is 23.7. The first-order chi connectivity index (χ1) is 25.9. The molecule has 2 bridgehead atoms. The highest BCUT2D eigenvalue weighted by Crippen LogP contribution is 2.53. The molecule has 0 radical (unpaired) electrons. The van der Waals surface area contributed by atoms with Crippen LogP contribution in [0.3, 0.4) is 0 Å². The molecular weight excluding hydrogens is 702 g/mol. The van der Waals surface area contributed by atoms with Crippen LogP contribution < -0.4 is 4.74 Å². The first-order valence-corrected chi connectivity index (χ1v) is 18.0. The number of alkyl halides is 2. The van der Waals surface area contributed by atoms with Gasteiger partial charge in [0.25, 0.3) is 6.43 Å². The molecule has 0 spiro atoms. The van der Waals surface area contributed by atoms with Gasteiger partial charge >= 0.3 is 0 Å². The maximum absolute atomic E-state index is 12.7. The summed E-state index contributed by atoms with van der Waals surface area (Å²) in [7, 11) is 0. The van der Waals surface area contributed by atoms with Crippen molar-refractivity contribution < 1.29 is 42.3 Å². The second-order valence-electron chi connectivity index (χ2n) is 13.3. The lowest BCUT2D eigenvalue weighted by Crippen LogP contribution is -2.67. The molecule has 0 unspecified atom stereocenters. The largest absolute Gasteiger partial charge is 0.488 e. The number of aliphatic hydroxyl groups excluding tert-OH is 1. The van der Waals surface area contributed by atoms with E-state index in [0.717, 1.165) is 27.8 Å². The molecule has 10 heteroatoms. The van der Waals surface area contributed by atoms with E-state index in [1.54, 1.807) is 18.2 Å². The Bertz CT molecular complexity index is 1900. The molecule has 5 aromatic carbocycles. The summed E-state index contributed by atoms with van der Waals surface area (Å²) in [5.41, 5.74) is 3.87. The third kappa shape index (κ3) is 8.47. The Hall–Kier alpha value is -4.19. The molecule has 0 aliphatic carbocycles. The molecule has 276 valence electrons. The summed E-state index contributed by atoms with van der Waals surface area (Å²) in [6.07, 6.45) is -4.55. The highest BCUT2D eigenvalue weighted by molar-refractivity contribution is 6.31. The fourth-order valence-electron chi connectivity index (χ4n) is 6.94. The van der Waals surface area contributed by atoms with Gasteiger partial charge in [0, 0.05) is 10.6 Å². The van der Waals surface area contributed by atoms with E-state index >= 15 is 0 Å². The van der Waals surface area contributed by atoms with E-state index in [-0.39, 0.29) is 26.4 Å². The van der Waals surface area contributed by atoms with Crippen molar-refractivity contribution in [2.24, 2.45) is 0 Å². The van der Waals surface area contributed by atoms with Crippen molar-refractivity contribution in [3.05, 3.63) is 172 Å². The van der Waals surface area contributed by atoms with E-state index in [4.69, 9.17) is 40.0 Å². The van der Waals surface area contributed by atoms with Crippen molar-refractivity contribution >= 4 is 11.6 Å². The van der Waals surface area contributed by atoms with E-state index in [9.17, 15) is 13.9 Å². The van der Waals surface area contributed by atoms with E-state index in [1.165, 1.54) is 0 Å². The lowest BCUT2D eigenvalue weighted by Gasteiger charge is -2.50. The van der Waals surface area contributed by atoms with Crippen molar-refractivity contribution in [1.82, 2.24) is 0 Å². The summed E-state index contributed by atoms with van der Waals surface area (Å²) < 4.78 is 64.5. The number of fused-ring (bicyclic) bond motifs is 2. The minimum absolute atomic E-state index is 0.0113. The molecule has 0 aromatic heterocycles. The van der Waals surface area contributed by atoms with Gasteiger partial charge in [0.15, 0.2) is 0 Å². The van der Waals surface area contributed by atoms with Crippen LogP contribution in [0.2, 0.25) is 5.02 Å². The predicted octanol–water partition coefficient (Wildman–Crippen LogP) is 8.28. The molecule has 0 saturated carbocycles. The number of hydrogen-bond acceptors (Lipinski definition) is 7. The zero-order chi connectivity index (χ0) is 36.7. The molecule has 0 amide bonds. The van der Waals surface area contributed by atoms with Crippen molar-refractivity contribution in [1.29, 1.82) is 0 Å². The summed E-state index contributed by atoms with van der Waals surface area (Å²) in [5, 5.41) is 11.6. The molecule has 2 aliphatic rings. The molecule has 53 heavy (non-hydrogen) atoms. The predicted molar refractivity (Wildman–Crippen MR) is 196 cm³/mol. The van der Waals surface area contributed by atoms with Gasteiger partial charge in [0.1, 0.15) is 36.3 Å². The lowest BCUT2D eigenvalue weighted by molar-refractivity contribution is -0.353. The van der Waals surface area contributed by atoms with Crippen LogP contribution in [0.15, 0.2) is 133 Å². The summed E-state index contributed by atoms with van der Waals surface area (Å²) in [5.74, 6) is -1.16. The molecule has 5 aromatic rings. The van der Waals surface area contributed by atoms with Gasteiger partial charge in [-0.15, -0.1) is 0 Å². The molecule has 7 nitrogen and oxygen atoms in total. The van der Waals surface area contributed by atoms with Gasteiger partial charge < -0.3 is 33.5 Å². The monoisotopic (exact) mass is 742 g/mol. The number of halogens is 3. The van der Waals surface area contributed by atoms with Crippen molar-refractivity contribution in [2.45, 2.75) is 62.4 Å². The third-order valence-electron chi connectivity index (χ3n) is 9.62. The highest BCUT2D eigenvalue weighted by atomic mass is 35.5. The maximum Gasteiger partial charge on any atom is 0.272 e. The molecule has 2 saturated heterocycles. The molecular formula is C43H41ClF2O7. The quantitative estimate of drug-likeness (QED) is 0.109. The number of hydrogen-bond donors (Lipinski definition) is 1. The minimum Gasteiger partial charge on any atom is -0.488 e. The Kier molecular flexibility index (Phi) is 11.8. The van der Waals surface area contributed by atoms with E-state index in [2.05, 4.69) is 0 Å². The number of ether oxygens (including phenoxy) is 6. The molecule has 1 N–H and O–H groups in total. The van der Waals surface area contributed by atoms with Crippen LogP contribution in [0.5, 0.6) is 5.75 Å². The van der Waals surface area contributed by atoms with E-state index in [1.807, 2.05) is 115 Å². The Morgan fingerprint density at radius 2 is 1.26 bits per heavy atom. The fraction of sp³-hybridized carbons (Fsp3) is 0.302. The van der Waals surface area contributed by atoms with Gasteiger partial charge in [-0.2, -0.15) is 0 Å². The number of rotatable bonds is 16. The molecule has 7 rings (SSSR count). The van der Waals surface area contributed by atoms with Gasteiger partial charge in [-0.1, -0.05) is 121 Å². The second-order valence-corrected chi connectivity index (χ2v) is 13.7. The van der Waals surface area contributed by atoms with Gasteiger partial charge in [0.05, 0.1) is 33.0 Å². The summed E-state index contributed by atoms with van der Waals surface area (Å²) in [6, 6.07) is 42.0. The van der Waals surface area contributed by atoms with Gasteiger partial charge in [-0.3, -0.25) is 0 Å². The molecule has 2 fully saturated rings. The summed E-state index contributed by atoms with van der Waals surface area (Å²) in [6.45, 7) is -0.336. The standard InChI is InChI=1S/C43H41ClF2O7/c44-37-21-18-35(23-34(37)22-30-16-19-36(20-17-30)48-27-38(45)46)43-41(51-26-33-14-8-3-9-15-33)39(49-24-31-10-4-1-5-11-31)40(42(28-47,53-43)29-52-43)50-25-32-12-6-2-7-13-32/h1-21,23,38-41,47H,22,24-29H2/t39-,40-,41+,42+,43+/m0/s1. The van der Waals surface area contributed by atoms with Gasteiger partial charge in [-0.05, 0) is 58.5 Å². The first-order valence-electron chi connectivity index (χ1n) is 17.6. The van der Waals surface area contributed by atoms with Crippen LogP contribution in [0.4, 0.5) is 8.78 Å². The summed E-state index contributed by atoms with van der Waals surface area (Å²) in [4.78, 5) is 0. The van der Waals surface area contributed by atoms with Crippen LogP contribution in [-0.4, -0.2) is 55.3 Å². The summed E-state index contributed by atoms with van der Waals surface area (Å²) >= 11 is 6.80. The maximum atomic E-state index is 12.7. The zero-order valence-corrected chi connectivity index (χ0v) is 29.7. The van der Waals surface area contributed by atoms with E-state index < -0.39 is 49.3 Å². The Morgan fingerprint density at radius 3 is 1.83 bits per heavy atom. The smallest absolute Gasteiger partial charge is 0.272 e. The Balaban J connectivity index is 1.26. The zero-order valence-electron chi connectivity index (χ0n) is 29.0. The van der Waals surface area contributed by atoms with Crippen LogP contribution >= 0.6 is 11.6 Å². The van der Waals surface area contributed by atoms with Crippen LogP contribution in [-0.2, 0) is 55.7 Å². The average molecular weight is 743 g/mol. The van der Waals surface area contributed by atoms with Crippen LogP contribution in [0, 0.1) is 0 Å². The number of aliphatic hydroxyl groups is 1. The SMILES string of the molecule is OC[C@]12CO[C@](c3ccc(Cl)c(Cc4ccc(OCC(F)F)cc4)c3)(O1)[C@H](OCc1ccccc1)[C@@H](OCc1ccccc1)[C@@H]2OCc1ccccc1. The first kappa shape index (κ1) is 37.1. The second kappa shape index (κ2) is 16.9.